The number of rotatable bonds is 5. The summed E-state index contributed by atoms with van der Waals surface area (Å²) in [6, 6.07) is 15.1. The van der Waals surface area contributed by atoms with Crippen LogP contribution < -0.4 is 10.6 Å². The smallest absolute Gasteiger partial charge is 0.321 e. The number of piperidine rings is 1. The van der Waals surface area contributed by atoms with Gasteiger partial charge in [0.05, 0.1) is 11.4 Å². The van der Waals surface area contributed by atoms with Crippen molar-refractivity contribution in [1.82, 2.24) is 24.3 Å². The van der Waals surface area contributed by atoms with Gasteiger partial charge in [-0.25, -0.2) is 19.7 Å². The minimum absolute atomic E-state index is 0.0123. The number of urea groups is 1. The number of aromatic hydroxyl groups is 2. The summed E-state index contributed by atoms with van der Waals surface area (Å²) < 4.78 is 1.99. The first-order valence-corrected chi connectivity index (χ1v) is 13.1. The van der Waals surface area contributed by atoms with E-state index in [1.807, 2.05) is 28.1 Å². The van der Waals surface area contributed by atoms with Gasteiger partial charge in [-0.3, -0.25) is 4.40 Å². The van der Waals surface area contributed by atoms with Crippen molar-refractivity contribution >= 4 is 34.0 Å². The van der Waals surface area contributed by atoms with E-state index in [2.05, 4.69) is 15.6 Å². The summed E-state index contributed by atoms with van der Waals surface area (Å²) in [4.78, 5) is 29.5. The number of imidazole rings is 1. The van der Waals surface area contributed by atoms with E-state index in [-0.39, 0.29) is 23.6 Å². The number of hydrogen-bond donors (Lipinski definition) is 4. The average molecular weight is 528 g/mol. The van der Waals surface area contributed by atoms with Crippen LogP contribution in [0.5, 0.6) is 11.5 Å². The molecular formula is C27H25N7O3S. The van der Waals surface area contributed by atoms with E-state index < -0.39 is 0 Å². The molecule has 0 aliphatic carbocycles. The number of carbonyl (C=O) groups is 1. The third-order valence-electron chi connectivity index (χ3n) is 6.44. The first-order valence-electron chi connectivity index (χ1n) is 12.2. The molecule has 192 valence electrons. The van der Waals surface area contributed by atoms with Crippen molar-refractivity contribution in [1.29, 1.82) is 0 Å². The van der Waals surface area contributed by atoms with Crippen LogP contribution in [0.15, 0.2) is 72.4 Å². The van der Waals surface area contributed by atoms with Crippen LogP contribution in [0.25, 0.3) is 27.6 Å². The molecule has 0 spiro atoms. The van der Waals surface area contributed by atoms with Gasteiger partial charge in [-0.2, -0.15) is 0 Å². The van der Waals surface area contributed by atoms with Crippen LogP contribution in [-0.2, 0) is 0 Å². The highest BCUT2D eigenvalue weighted by Gasteiger charge is 2.25. The molecule has 11 heteroatoms. The lowest BCUT2D eigenvalue weighted by Crippen LogP contribution is -2.47. The lowest BCUT2D eigenvalue weighted by molar-refractivity contribution is 0.196. The van der Waals surface area contributed by atoms with Crippen LogP contribution in [0.2, 0.25) is 0 Å². The van der Waals surface area contributed by atoms with Gasteiger partial charge in [-0.15, -0.1) is 11.3 Å². The molecule has 0 unspecified atom stereocenters. The Balaban J connectivity index is 1.22. The second-order valence-electron chi connectivity index (χ2n) is 9.09. The lowest BCUT2D eigenvalue weighted by Gasteiger charge is -2.33. The maximum atomic E-state index is 12.8. The number of nitrogens with one attached hydrogen (secondary N) is 2. The Morgan fingerprint density at radius 3 is 2.76 bits per heavy atom. The highest BCUT2D eigenvalue weighted by molar-refractivity contribution is 7.15. The van der Waals surface area contributed by atoms with Crippen molar-refractivity contribution in [3.05, 3.63) is 72.4 Å². The molecule has 2 amide bonds. The minimum atomic E-state index is -0.188. The van der Waals surface area contributed by atoms with E-state index in [1.54, 1.807) is 41.4 Å². The molecule has 4 heterocycles. The molecule has 3 aromatic heterocycles. The maximum absolute atomic E-state index is 12.8. The van der Waals surface area contributed by atoms with E-state index in [9.17, 15) is 15.0 Å². The number of phenols is 2. The topological polar surface area (TPSA) is 128 Å². The van der Waals surface area contributed by atoms with E-state index in [4.69, 9.17) is 9.97 Å². The van der Waals surface area contributed by atoms with Gasteiger partial charge in [-0.1, -0.05) is 12.1 Å². The summed E-state index contributed by atoms with van der Waals surface area (Å²) in [6.07, 6.45) is 5.39. The molecule has 38 heavy (non-hydrogen) atoms. The molecule has 6 rings (SSSR count). The number of anilines is 2. The van der Waals surface area contributed by atoms with Crippen molar-refractivity contribution in [2.24, 2.45) is 0 Å². The summed E-state index contributed by atoms with van der Waals surface area (Å²) in [5, 5.41) is 27.8. The minimum Gasteiger partial charge on any atom is -0.508 e. The van der Waals surface area contributed by atoms with Crippen molar-refractivity contribution in [3.63, 3.8) is 0 Å². The van der Waals surface area contributed by atoms with Gasteiger partial charge < -0.3 is 25.7 Å². The number of fused-ring (bicyclic) bond motifs is 1. The second kappa shape index (κ2) is 10.0. The lowest BCUT2D eigenvalue weighted by atomic mass is 10.1. The van der Waals surface area contributed by atoms with Gasteiger partial charge in [0.2, 0.25) is 5.95 Å². The number of aromatic nitrogens is 4. The Kier molecular flexibility index (Phi) is 6.26. The van der Waals surface area contributed by atoms with Crippen LogP contribution in [-0.4, -0.2) is 59.6 Å². The van der Waals surface area contributed by atoms with E-state index in [1.165, 1.54) is 23.5 Å². The van der Waals surface area contributed by atoms with Crippen LogP contribution in [0, 0.1) is 0 Å². The summed E-state index contributed by atoms with van der Waals surface area (Å²) in [6.45, 7) is 1.16. The van der Waals surface area contributed by atoms with Gasteiger partial charge in [0, 0.05) is 48.2 Å². The van der Waals surface area contributed by atoms with Crippen LogP contribution in [0.3, 0.4) is 0 Å². The molecule has 1 fully saturated rings. The number of amides is 2. The Labute approximate surface area is 222 Å². The number of likely N-dealkylation sites (tertiary alicyclic amines) is 1. The maximum Gasteiger partial charge on any atom is 0.321 e. The summed E-state index contributed by atoms with van der Waals surface area (Å²) >= 11 is 1.53. The fourth-order valence-electron chi connectivity index (χ4n) is 4.65. The molecule has 10 nitrogen and oxygen atoms in total. The third-order valence-corrected chi connectivity index (χ3v) is 7.20. The van der Waals surface area contributed by atoms with E-state index in [0.29, 0.717) is 30.4 Å². The monoisotopic (exact) mass is 527 g/mol. The van der Waals surface area contributed by atoms with Gasteiger partial charge in [0.1, 0.15) is 17.2 Å². The standard InChI is InChI=1S/C27H25N7O3S/c35-20-8-6-18(7-9-20)30-26(37)33-12-2-4-19(16-33)29-25-28-11-10-22(31-25)24-23(17-3-1-5-21(36)15-17)32-27-34(24)13-14-38-27/h1,3,5-11,13-15,19,35-36H,2,4,12,16H2,(H,30,37)(H,28,29,31)/t19-/m1/s1. The zero-order chi connectivity index (χ0) is 26.1. The van der Waals surface area contributed by atoms with Crippen molar-refractivity contribution in [2.45, 2.75) is 18.9 Å². The molecule has 2 aromatic carbocycles. The molecule has 5 aromatic rings. The number of thiazole rings is 1. The number of phenolic OH excluding ortho intramolecular Hbond substituents is 2. The third kappa shape index (κ3) is 4.83. The SMILES string of the molecule is O=C(Nc1ccc(O)cc1)N1CCC[C@@H](Nc2nccc(-c3c(-c4cccc(O)c4)nc4sccn34)n2)C1. The Hall–Kier alpha value is -4.64. The first-order chi connectivity index (χ1) is 18.5. The summed E-state index contributed by atoms with van der Waals surface area (Å²) in [5.74, 6) is 0.795. The second-order valence-corrected chi connectivity index (χ2v) is 9.96. The fraction of sp³-hybridized carbons (Fsp3) is 0.185. The van der Waals surface area contributed by atoms with Crippen LogP contribution in [0.1, 0.15) is 12.8 Å². The predicted molar refractivity (Wildman–Crippen MR) is 147 cm³/mol. The van der Waals surface area contributed by atoms with Gasteiger partial charge in [0.15, 0.2) is 4.96 Å². The molecule has 0 radical (unpaired) electrons. The largest absolute Gasteiger partial charge is 0.508 e. The Morgan fingerprint density at radius 2 is 1.92 bits per heavy atom. The number of carbonyl (C=O) groups excluding carboxylic acids is 1. The van der Waals surface area contributed by atoms with Crippen molar-refractivity contribution in [2.75, 3.05) is 23.7 Å². The molecule has 1 aliphatic heterocycles. The Bertz CT molecular complexity index is 1600. The fourth-order valence-corrected chi connectivity index (χ4v) is 5.37. The number of nitrogens with zero attached hydrogens (tertiary/aromatic N) is 5. The first kappa shape index (κ1) is 23.7. The highest BCUT2D eigenvalue weighted by atomic mass is 32.1. The molecule has 1 atom stereocenters. The zero-order valence-electron chi connectivity index (χ0n) is 20.3. The summed E-state index contributed by atoms with van der Waals surface area (Å²) in [7, 11) is 0. The molecule has 0 bridgehead atoms. The summed E-state index contributed by atoms with van der Waals surface area (Å²) in [5.41, 5.74) is 3.67. The molecule has 1 saturated heterocycles. The highest BCUT2D eigenvalue weighted by Crippen LogP contribution is 2.34. The Morgan fingerprint density at radius 1 is 1.05 bits per heavy atom. The van der Waals surface area contributed by atoms with Crippen molar-refractivity contribution < 1.29 is 15.0 Å². The van der Waals surface area contributed by atoms with E-state index >= 15 is 0 Å². The van der Waals surface area contributed by atoms with Crippen LogP contribution in [0.4, 0.5) is 16.4 Å². The average Bonchev–Trinajstić information content (AvgIpc) is 3.52. The number of benzene rings is 2. The molecule has 0 saturated carbocycles. The predicted octanol–water partition coefficient (Wildman–Crippen LogP) is 5.04. The van der Waals surface area contributed by atoms with E-state index in [0.717, 1.165) is 34.8 Å². The normalized spacial score (nSPS) is 15.5. The molecule has 1 aliphatic rings. The van der Waals surface area contributed by atoms with Gasteiger partial charge in [-0.05, 0) is 55.3 Å². The number of hydrogen-bond acceptors (Lipinski definition) is 8. The van der Waals surface area contributed by atoms with Crippen molar-refractivity contribution in [3.8, 4) is 34.1 Å². The van der Waals surface area contributed by atoms with Gasteiger partial charge in [0.25, 0.3) is 0 Å². The van der Waals surface area contributed by atoms with Gasteiger partial charge >= 0.3 is 6.03 Å². The van der Waals surface area contributed by atoms with Crippen LogP contribution >= 0.6 is 11.3 Å². The zero-order valence-corrected chi connectivity index (χ0v) is 21.1. The molecule has 4 N–H and O–H groups in total. The quantitative estimate of drug-likeness (QED) is 0.236. The molecular weight excluding hydrogens is 502 g/mol.